The van der Waals surface area contributed by atoms with Gasteiger partial charge in [0.05, 0.1) is 5.69 Å². The Morgan fingerprint density at radius 3 is 2.15 bits per heavy atom. The Kier molecular flexibility index (Phi) is 4.77. The first-order valence-electron chi connectivity index (χ1n) is 7.24. The fourth-order valence-electron chi connectivity index (χ4n) is 2.20. The number of carboxylic acid groups (broad SMARTS) is 1. The number of nitrogens with one attached hydrogen (secondary N) is 1. The van der Waals surface area contributed by atoms with Crippen LogP contribution in [0.25, 0.3) is 11.1 Å². The number of carboxylic acids is 1. The van der Waals surface area contributed by atoms with Gasteiger partial charge in [0, 0.05) is 29.7 Å². The fourth-order valence-corrected chi connectivity index (χ4v) is 3.17. The number of aromatic carboxylic acids is 1. The number of anilines is 1. The van der Waals surface area contributed by atoms with Crippen LogP contribution in [0.3, 0.4) is 0 Å². The van der Waals surface area contributed by atoms with Crippen molar-refractivity contribution in [2.45, 2.75) is 5.03 Å². The number of halogens is 2. The predicted octanol–water partition coefficient (Wildman–Crippen LogP) is 2.32. The van der Waals surface area contributed by atoms with E-state index in [0.717, 1.165) is 0 Å². The molecule has 2 aromatic heterocycles. The number of hydrogen-bond donors (Lipinski definition) is 2. The summed E-state index contributed by atoms with van der Waals surface area (Å²) in [6, 6.07) is 3.80. The molecule has 0 aliphatic rings. The van der Waals surface area contributed by atoms with Crippen LogP contribution in [0.4, 0.5) is 14.5 Å². The summed E-state index contributed by atoms with van der Waals surface area (Å²) in [5.74, 6) is -4.62. The highest BCUT2D eigenvalue weighted by Gasteiger charge is 2.21. The van der Waals surface area contributed by atoms with Gasteiger partial charge in [-0.05, 0) is 24.3 Å². The highest BCUT2D eigenvalue weighted by Crippen LogP contribution is 2.22. The maximum Gasteiger partial charge on any atom is 0.341 e. The summed E-state index contributed by atoms with van der Waals surface area (Å²) in [6.07, 6.45) is 5.66. The van der Waals surface area contributed by atoms with Gasteiger partial charge in [-0.15, -0.1) is 0 Å². The molecule has 0 amide bonds. The lowest BCUT2D eigenvalue weighted by molar-refractivity contribution is 0.0686. The number of hydrogen-bond acceptors (Lipinski definition) is 6. The van der Waals surface area contributed by atoms with E-state index in [4.69, 9.17) is 5.11 Å². The summed E-state index contributed by atoms with van der Waals surface area (Å²) in [4.78, 5) is 22.3. The van der Waals surface area contributed by atoms with Crippen LogP contribution in [0.5, 0.6) is 0 Å². The minimum Gasteiger partial charge on any atom is -0.477 e. The second kappa shape index (κ2) is 7.03. The molecule has 0 aliphatic heterocycles. The fraction of sp³-hybridized carbons (Fsp3) is 0. The van der Waals surface area contributed by atoms with E-state index in [2.05, 4.69) is 15.0 Å². The van der Waals surface area contributed by atoms with Crippen LogP contribution in [0.15, 0.2) is 54.2 Å². The van der Waals surface area contributed by atoms with E-state index >= 15 is 0 Å². The molecule has 0 saturated carbocycles. The van der Waals surface area contributed by atoms with E-state index in [1.165, 1.54) is 37.1 Å². The molecule has 0 fully saturated rings. The van der Waals surface area contributed by atoms with Gasteiger partial charge in [-0.1, -0.05) is 0 Å². The van der Waals surface area contributed by atoms with E-state index in [9.17, 15) is 22.0 Å². The SMILES string of the molecule is O=C(O)c1c(F)cc(NS(=O)(=O)c2ccc(-c3cncnc3)cn2)cc1F. The zero-order valence-corrected chi connectivity index (χ0v) is 14.1. The Bertz CT molecular complexity index is 1080. The van der Waals surface area contributed by atoms with Gasteiger partial charge in [-0.3, -0.25) is 4.72 Å². The van der Waals surface area contributed by atoms with Crippen molar-refractivity contribution in [1.29, 1.82) is 0 Å². The molecule has 0 spiro atoms. The topological polar surface area (TPSA) is 122 Å². The maximum absolute atomic E-state index is 13.7. The molecule has 0 bridgehead atoms. The summed E-state index contributed by atoms with van der Waals surface area (Å²) >= 11 is 0. The number of pyridine rings is 1. The van der Waals surface area contributed by atoms with Gasteiger partial charge in [-0.2, -0.15) is 8.42 Å². The Morgan fingerprint density at radius 2 is 1.63 bits per heavy atom. The average Bonchev–Trinajstić information content (AvgIpc) is 2.61. The zero-order chi connectivity index (χ0) is 19.6. The smallest absolute Gasteiger partial charge is 0.341 e. The van der Waals surface area contributed by atoms with Gasteiger partial charge < -0.3 is 5.11 Å². The molecule has 0 atom stereocenters. The monoisotopic (exact) mass is 392 g/mol. The van der Waals surface area contributed by atoms with Crippen molar-refractivity contribution in [2.75, 3.05) is 4.72 Å². The number of rotatable bonds is 5. The molecular weight excluding hydrogens is 382 g/mol. The van der Waals surface area contributed by atoms with Crippen LogP contribution in [0.1, 0.15) is 10.4 Å². The molecule has 0 radical (unpaired) electrons. The van der Waals surface area contributed by atoms with Crippen molar-refractivity contribution < 1.29 is 27.1 Å². The second-order valence-corrected chi connectivity index (χ2v) is 6.87. The molecule has 0 aliphatic carbocycles. The molecule has 2 heterocycles. The van der Waals surface area contributed by atoms with Crippen molar-refractivity contribution in [3.05, 3.63) is 66.4 Å². The zero-order valence-electron chi connectivity index (χ0n) is 13.3. The maximum atomic E-state index is 13.7. The summed E-state index contributed by atoms with van der Waals surface area (Å²) in [5.41, 5.74) is -0.462. The Hall–Kier alpha value is -3.47. The number of aromatic nitrogens is 3. The lowest BCUT2D eigenvalue weighted by atomic mass is 10.2. The van der Waals surface area contributed by atoms with Crippen molar-refractivity contribution in [3.8, 4) is 11.1 Å². The van der Waals surface area contributed by atoms with Crippen LogP contribution >= 0.6 is 0 Å². The minimum absolute atomic E-state index is 0.397. The Labute approximate surface area is 151 Å². The molecule has 11 heteroatoms. The third-order valence-corrected chi connectivity index (χ3v) is 4.71. The molecule has 0 unspecified atom stereocenters. The Morgan fingerprint density at radius 1 is 1.00 bits per heavy atom. The second-order valence-electron chi connectivity index (χ2n) is 5.24. The largest absolute Gasteiger partial charge is 0.477 e. The third-order valence-electron chi connectivity index (χ3n) is 3.41. The molecule has 3 aromatic rings. The average molecular weight is 392 g/mol. The predicted molar refractivity (Wildman–Crippen MR) is 89.4 cm³/mol. The number of carbonyl (C=O) groups is 1. The van der Waals surface area contributed by atoms with Gasteiger partial charge in [0.1, 0.15) is 23.5 Å². The van der Waals surface area contributed by atoms with Crippen molar-refractivity contribution in [3.63, 3.8) is 0 Å². The van der Waals surface area contributed by atoms with E-state index in [1.54, 1.807) is 0 Å². The van der Waals surface area contributed by atoms with Crippen LogP contribution < -0.4 is 4.72 Å². The molecule has 0 saturated heterocycles. The molecule has 1 aromatic carbocycles. The molecule has 3 rings (SSSR count). The first-order chi connectivity index (χ1) is 12.8. The summed E-state index contributed by atoms with van der Waals surface area (Å²) in [7, 11) is -4.25. The quantitative estimate of drug-likeness (QED) is 0.683. The van der Waals surface area contributed by atoms with Gasteiger partial charge in [0.15, 0.2) is 5.03 Å². The first kappa shape index (κ1) is 18.3. The lowest BCUT2D eigenvalue weighted by Gasteiger charge is -2.09. The van der Waals surface area contributed by atoms with E-state index in [1.807, 2.05) is 4.72 Å². The molecule has 27 heavy (non-hydrogen) atoms. The van der Waals surface area contributed by atoms with Gasteiger partial charge in [0.2, 0.25) is 0 Å². The van der Waals surface area contributed by atoms with Crippen LogP contribution in [-0.4, -0.2) is 34.4 Å². The van der Waals surface area contributed by atoms with Crippen LogP contribution in [-0.2, 0) is 10.0 Å². The normalized spacial score (nSPS) is 11.2. The van der Waals surface area contributed by atoms with Gasteiger partial charge >= 0.3 is 5.97 Å². The Balaban J connectivity index is 1.88. The van der Waals surface area contributed by atoms with E-state index in [0.29, 0.717) is 23.3 Å². The third kappa shape index (κ3) is 3.87. The highest BCUT2D eigenvalue weighted by molar-refractivity contribution is 7.92. The lowest BCUT2D eigenvalue weighted by Crippen LogP contribution is -2.15. The summed E-state index contributed by atoms with van der Waals surface area (Å²) in [6.45, 7) is 0. The standard InChI is InChI=1S/C16H10F2N4O4S/c17-12-3-11(4-13(18)15(12)16(23)24)22-27(25,26)14-2-1-9(7-21-14)10-5-19-8-20-6-10/h1-8,22H,(H,23,24). The molecule has 138 valence electrons. The summed E-state index contributed by atoms with van der Waals surface area (Å²) in [5, 5.41) is 8.33. The van der Waals surface area contributed by atoms with Gasteiger partial charge in [-0.25, -0.2) is 28.5 Å². The van der Waals surface area contributed by atoms with Crippen LogP contribution in [0, 0.1) is 11.6 Å². The van der Waals surface area contributed by atoms with Gasteiger partial charge in [0.25, 0.3) is 10.0 Å². The molecule has 8 nitrogen and oxygen atoms in total. The minimum atomic E-state index is -4.25. The van der Waals surface area contributed by atoms with Crippen molar-refractivity contribution in [2.24, 2.45) is 0 Å². The molecular formula is C16H10F2N4O4S. The van der Waals surface area contributed by atoms with E-state index in [-0.39, 0.29) is 0 Å². The highest BCUT2D eigenvalue weighted by atomic mass is 32.2. The number of benzene rings is 1. The van der Waals surface area contributed by atoms with Crippen LogP contribution in [0.2, 0.25) is 0 Å². The summed E-state index contributed by atoms with van der Waals surface area (Å²) < 4.78 is 54.0. The van der Waals surface area contributed by atoms with Crippen molar-refractivity contribution >= 4 is 21.7 Å². The van der Waals surface area contributed by atoms with E-state index < -0.39 is 43.9 Å². The first-order valence-corrected chi connectivity index (χ1v) is 8.73. The molecule has 2 N–H and O–H groups in total. The van der Waals surface area contributed by atoms with Crippen molar-refractivity contribution in [1.82, 2.24) is 15.0 Å². The number of sulfonamides is 1. The number of nitrogens with zero attached hydrogens (tertiary/aromatic N) is 3.